The van der Waals surface area contributed by atoms with E-state index >= 15 is 0 Å². The van der Waals surface area contributed by atoms with Gasteiger partial charge in [-0.1, -0.05) is 32.6 Å². The molecule has 2 rings (SSSR count). The first kappa shape index (κ1) is 14.3. The fourth-order valence-electron chi connectivity index (χ4n) is 2.95. The number of aryl methyl sites for hydroxylation is 1. The maximum Gasteiger partial charge on any atom is 0.132 e. The monoisotopic (exact) mass is 262 g/mol. The van der Waals surface area contributed by atoms with E-state index in [1.54, 1.807) is 6.33 Å². The summed E-state index contributed by atoms with van der Waals surface area (Å²) < 4.78 is 0. The predicted octanol–water partition coefficient (Wildman–Crippen LogP) is 2.53. The third-order valence-electron chi connectivity index (χ3n) is 3.90. The minimum absolute atomic E-state index is 0.613. The molecular weight excluding hydrogens is 236 g/mol. The Hall–Kier alpha value is -1.16. The molecule has 0 aromatic carbocycles. The Morgan fingerprint density at radius 1 is 1.26 bits per heavy atom. The highest BCUT2D eigenvalue weighted by molar-refractivity contribution is 5.40. The summed E-state index contributed by atoms with van der Waals surface area (Å²) in [6.45, 7) is 3.76. The first-order valence-electron chi connectivity index (χ1n) is 7.62. The first-order valence-corrected chi connectivity index (χ1v) is 7.62. The van der Waals surface area contributed by atoms with Crippen LogP contribution >= 0.6 is 0 Å². The van der Waals surface area contributed by atoms with E-state index in [9.17, 15) is 0 Å². The molecule has 0 unspecified atom stereocenters. The molecule has 106 valence electrons. The van der Waals surface area contributed by atoms with Crippen LogP contribution in [-0.4, -0.2) is 29.1 Å². The molecule has 1 aliphatic rings. The van der Waals surface area contributed by atoms with Crippen LogP contribution in [0.3, 0.4) is 0 Å². The number of hydrogen-bond acceptors (Lipinski definition) is 4. The average Bonchev–Trinajstić information content (AvgIpc) is 2.46. The van der Waals surface area contributed by atoms with Gasteiger partial charge < -0.3 is 10.6 Å². The fourth-order valence-corrected chi connectivity index (χ4v) is 2.95. The van der Waals surface area contributed by atoms with Crippen molar-refractivity contribution in [2.45, 2.75) is 57.9 Å². The van der Waals surface area contributed by atoms with E-state index in [1.807, 2.05) is 0 Å². The molecule has 0 bridgehead atoms. The van der Waals surface area contributed by atoms with Gasteiger partial charge in [-0.15, -0.1) is 0 Å². The largest absolute Gasteiger partial charge is 0.352 e. The summed E-state index contributed by atoms with van der Waals surface area (Å²) in [6, 6.07) is 2.76. The molecule has 0 atom stereocenters. The third kappa shape index (κ3) is 3.90. The van der Waals surface area contributed by atoms with Crippen LogP contribution in [0, 0.1) is 0 Å². The topological polar surface area (TPSA) is 55.0 Å². The summed E-state index contributed by atoms with van der Waals surface area (Å²) in [5.41, 5.74) is 6.93. The Kier molecular flexibility index (Phi) is 5.58. The van der Waals surface area contributed by atoms with Gasteiger partial charge in [0.05, 0.1) is 0 Å². The van der Waals surface area contributed by atoms with Crippen LogP contribution in [0.2, 0.25) is 0 Å². The zero-order chi connectivity index (χ0) is 13.5. The summed E-state index contributed by atoms with van der Waals surface area (Å²) in [7, 11) is 0. The average molecular weight is 262 g/mol. The van der Waals surface area contributed by atoms with Crippen molar-refractivity contribution in [2.24, 2.45) is 5.73 Å². The van der Waals surface area contributed by atoms with Gasteiger partial charge in [-0.3, -0.25) is 0 Å². The highest BCUT2D eigenvalue weighted by Crippen LogP contribution is 2.26. The van der Waals surface area contributed by atoms with Crippen LogP contribution in [0.25, 0.3) is 0 Å². The first-order chi connectivity index (χ1) is 9.35. The Morgan fingerprint density at radius 3 is 2.74 bits per heavy atom. The van der Waals surface area contributed by atoms with Crippen molar-refractivity contribution in [1.82, 2.24) is 9.97 Å². The van der Waals surface area contributed by atoms with E-state index in [1.165, 1.54) is 32.1 Å². The second-order valence-corrected chi connectivity index (χ2v) is 5.39. The van der Waals surface area contributed by atoms with E-state index in [2.05, 4.69) is 27.9 Å². The van der Waals surface area contributed by atoms with Gasteiger partial charge in [0.1, 0.15) is 12.1 Å². The number of rotatable bonds is 6. The maximum atomic E-state index is 5.79. The molecule has 0 saturated heterocycles. The standard InChI is InChI=1S/C15H26N4/c1-2-6-13-11-15(18-12-17-13)19(10-9-16)14-7-4-3-5-8-14/h11-12,14H,2-10,16H2,1H3. The Bertz CT molecular complexity index is 374. The van der Waals surface area contributed by atoms with Crippen molar-refractivity contribution in [1.29, 1.82) is 0 Å². The van der Waals surface area contributed by atoms with Crippen molar-refractivity contribution < 1.29 is 0 Å². The van der Waals surface area contributed by atoms with Crippen LogP contribution in [0.1, 0.15) is 51.1 Å². The number of nitrogens with two attached hydrogens (primary N) is 1. The third-order valence-corrected chi connectivity index (χ3v) is 3.90. The second kappa shape index (κ2) is 7.43. The molecule has 4 heteroatoms. The van der Waals surface area contributed by atoms with Gasteiger partial charge >= 0.3 is 0 Å². The zero-order valence-electron chi connectivity index (χ0n) is 12.0. The van der Waals surface area contributed by atoms with Gasteiger partial charge in [-0.05, 0) is 19.3 Å². The maximum absolute atomic E-state index is 5.79. The van der Waals surface area contributed by atoms with Crippen LogP contribution in [-0.2, 0) is 6.42 Å². The Balaban J connectivity index is 2.14. The zero-order valence-corrected chi connectivity index (χ0v) is 12.0. The lowest BCUT2D eigenvalue weighted by molar-refractivity contribution is 0.414. The van der Waals surface area contributed by atoms with Gasteiger partial charge in [-0.2, -0.15) is 0 Å². The molecular formula is C15H26N4. The summed E-state index contributed by atoms with van der Waals surface area (Å²) in [6.07, 6.45) is 10.4. The summed E-state index contributed by atoms with van der Waals surface area (Å²) >= 11 is 0. The van der Waals surface area contributed by atoms with Crippen molar-refractivity contribution in [3.05, 3.63) is 18.1 Å². The molecule has 0 amide bonds. The van der Waals surface area contributed by atoms with Crippen LogP contribution < -0.4 is 10.6 Å². The minimum Gasteiger partial charge on any atom is -0.352 e. The fraction of sp³-hybridized carbons (Fsp3) is 0.733. The Labute approximate surface area is 116 Å². The lowest BCUT2D eigenvalue weighted by Gasteiger charge is -2.35. The van der Waals surface area contributed by atoms with Crippen molar-refractivity contribution in [2.75, 3.05) is 18.0 Å². The molecule has 4 nitrogen and oxygen atoms in total. The van der Waals surface area contributed by atoms with E-state index < -0.39 is 0 Å². The molecule has 0 aliphatic heterocycles. The van der Waals surface area contributed by atoms with Gasteiger partial charge in [0.25, 0.3) is 0 Å². The molecule has 2 N–H and O–H groups in total. The lowest BCUT2D eigenvalue weighted by Crippen LogP contribution is -2.40. The van der Waals surface area contributed by atoms with E-state index in [0.717, 1.165) is 30.9 Å². The number of nitrogens with zero attached hydrogens (tertiary/aromatic N) is 3. The van der Waals surface area contributed by atoms with E-state index in [0.29, 0.717) is 12.6 Å². The van der Waals surface area contributed by atoms with Gasteiger partial charge in [0.2, 0.25) is 0 Å². The molecule has 1 heterocycles. The van der Waals surface area contributed by atoms with Crippen molar-refractivity contribution in [3.63, 3.8) is 0 Å². The van der Waals surface area contributed by atoms with Crippen LogP contribution in [0.5, 0.6) is 0 Å². The van der Waals surface area contributed by atoms with Gasteiger partial charge in [0, 0.05) is 30.9 Å². The molecule has 1 aliphatic carbocycles. The highest BCUT2D eigenvalue weighted by Gasteiger charge is 2.21. The molecule has 1 aromatic rings. The van der Waals surface area contributed by atoms with Crippen LogP contribution in [0.15, 0.2) is 12.4 Å². The summed E-state index contributed by atoms with van der Waals surface area (Å²) in [4.78, 5) is 11.2. The van der Waals surface area contributed by atoms with Gasteiger partial charge in [0.15, 0.2) is 0 Å². The van der Waals surface area contributed by atoms with Crippen molar-refractivity contribution >= 4 is 5.82 Å². The van der Waals surface area contributed by atoms with Crippen LogP contribution in [0.4, 0.5) is 5.82 Å². The molecule has 1 saturated carbocycles. The molecule has 1 fully saturated rings. The summed E-state index contributed by atoms with van der Waals surface area (Å²) in [5.74, 6) is 1.07. The van der Waals surface area contributed by atoms with Crippen molar-refractivity contribution in [3.8, 4) is 0 Å². The highest BCUT2D eigenvalue weighted by atomic mass is 15.2. The molecule has 0 spiro atoms. The number of hydrogen-bond donors (Lipinski definition) is 1. The van der Waals surface area contributed by atoms with E-state index in [-0.39, 0.29) is 0 Å². The molecule has 0 radical (unpaired) electrons. The SMILES string of the molecule is CCCc1cc(N(CCN)C2CCCCC2)ncn1. The van der Waals surface area contributed by atoms with E-state index in [4.69, 9.17) is 5.73 Å². The molecule has 19 heavy (non-hydrogen) atoms. The number of anilines is 1. The van der Waals surface area contributed by atoms with Gasteiger partial charge in [-0.25, -0.2) is 9.97 Å². The normalized spacial score (nSPS) is 16.5. The number of aromatic nitrogens is 2. The minimum atomic E-state index is 0.613. The second-order valence-electron chi connectivity index (χ2n) is 5.39. The quantitative estimate of drug-likeness (QED) is 0.856. The Morgan fingerprint density at radius 2 is 2.05 bits per heavy atom. The summed E-state index contributed by atoms with van der Waals surface area (Å²) in [5, 5.41) is 0. The lowest BCUT2D eigenvalue weighted by atomic mass is 9.94. The molecule has 1 aromatic heterocycles. The predicted molar refractivity (Wildman–Crippen MR) is 79.3 cm³/mol. The smallest absolute Gasteiger partial charge is 0.132 e.